The zero-order valence-corrected chi connectivity index (χ0v) is 13.8. The fourth-order valence-electron chi connectivity index (χ4n) is 2.17. The van der Waals surface area contributed by atoms with Crippen LogP contribution in [0.5, 0.6) is 0 Å². The van der Waals surface area contributed by atoms with Crippen molar-refractivity contribution in [3.8, 4) is 0 Å². The molecule has 1 aromatic rings. The number of carboxylic acid groups (broad SMARTS) is 1. The summed E-state index contributed by atoms with van der Waals surface area (Å²) >= 11 is 0. The van der Waals surface area contributed by atoms with Crippen molar-refractivity contribution in [3.05, 3.63) is 35.7 Å². The maximum absolute atomic E-state index is 13.4. The fourth-order valence-corrected chi connectivity index (χ4v) is 2.17. The Morgan fingerprint density at radius 1 is 1.48 bits per heavy atom. The van der Waals surface area contributed by atoms with Gasteiger partial charge in [0.05, 0.1) is 23.6 Å². The highest BCUT2D eigenvalue weighted by Gasteiger charge is 2.37. The fraction of sp³-hybridized carbons (Fsp3) is 0.438. The lowest BCUT2D eigenvalue weighted by Crippen LogP contribution is -2.21. The van der Waals surface area contributed by atoms with E-state index in [1.807, 2.05) is 5.32 Å². The van der Waals surface area contributed by atoms with Crippen LogP contribution in [0.2, 0.25) is 0 Å². The smallest absolute Gasteiger partial charge is 0.418 e. The van der Waals surface area contributed by atoms with Crippen molar-refractivity contribution in [2.24, 2.45) is 0 Å². The van der Waals surface area contributed by atoms with Crippen molar-refractivity contribution < 1.29 is 32.6 Å². The Kier molecular flexibility index (Phi) is 6.96. The topological polar surface area (TPSA) is 88.5 Å². The van der Waals surface area contributed by atoms with Crippen LogP contribution in [-0.2, 0) is 10.9 Å². The Morgan fingerprint density at radius 3 is 2.60 bits per heavy atom. The quantitative estimate of drug-likeness (QED) is 0.702. The van der Waals surface area contributed by atoms with Gasteiger partial charge in [0.25, 0.3) is 0 Å². The maximum Gasteiger partial charge on any atom is 0.418 e. The molecule has 0 bridgehead atoms. The second kappa shape index (κ2) is 8.50. The van der Waals surface area contributed by atoms with Gasteiger partial charge in [0.1, 0.15) is 0 Å². The summed E-state index contributed by atoms with van der Waals surface area (Å²) in [6, 6.07) is 0.577. The SMILES string of the molecule is C=CCCC(C)c1nc(C(=O)O)c(NC(=O)OCC)cc1C(F)(F)F. The molecule has 1 rings (SSSR count). The summed E-state index contributed by atoms with van der Waals surface area (Å²) in [6.45, 7) is 6.51. The highest BCUT2D eigenvalue weighted by molar-refractivity contribution is 5.97. The molecule has 0 saturated heterocycles. The minimum Gasteiger partial charge on any atom is -0.476 e. The average Bonchev–Trinajstić information content (AvgIpc) is 2.51. The number of aromatic nitrogens is 1. The minimum absolute atomic E-state index is 0.0233. The van der Waals surface area contributed by atoms with Gasteiger partial charge < -0.3 is 9.84 Å². The average molecular weight is 360 g/mol. The molecule has 6 nitrogen and oxygen atoms in total. The largest absolute Gasteiger partial charge is 0.476 e. The number of rotatable bonds is 7. The first kappa shape index (κ1) is 20.5. The van der Waals surface area contributed by atoms with Crippen molar-refractivity contribution in [3.63, 3.8) is 0 Å². The number of ether oxygens (including phenoxy) is 1. The molecule has 2 N–H and O–H groups in total. The molecule has 1 amide bonds. The maximum atomic E-state index is 13.4. The van der Waals surface area contributed by atoms with E-state index in [4.69, 9.17) is 0 Å². The van der Waals surface area contributed by atoms with E-state index in [0.29, 0.717) is 18.9 Å². The summed E-state index contributed by atoms with van der Waals surface area (Å²) in [5, 5.41) is 11.2. The van der Waals surface area contributed by atoms with Crippen molar-refractivity contribution in [1.29, 1.82) is 0 Å². The summed E-state index contributed by atoms with van der Waals surface area (Å²) < 4.78 is 44.7. The first-order valence-electron chi connectivity index (χ1n) is 7.51. The van der Waals surface area contributed by atoms with Crippen molar-refractivity contribution in [2.45, 2.75) is 38.8 Å². The molecule has 0 aliphatic carbocycles. The van der Waals surface area contributed by atoms with Crippen LogP contribution in [0.15, 0.2) is 18.7 Å². The molecule has 0 aliphatic rings. The van der Waals surface area contributed by atoms with Crippen LogP contribution in [0.3, 0.4) is 0 Å². The summed E-state index contributed by atoms with van der Waals surface area (Å²) in [5.74, 6) is -2.21. The monoisotopic (exact) mass is 360 g/mol. The number of carboxylic acids is 1. The third-order valence-corrected chi connectivity index (χ3v) is 3.34. The summed E-state index contributed by atoms with van der Waals surface area (Å²) in [4.78, 5) is 26.5. The molecule has 1 atom stereocenters. The van der Waals surface area contributed by atoms with E-state index in [1.54, 1.807) is 6.08 Å². The number of halogens is 3. The molecule has 0 aliphatic heterocycles. The van der Waals surface area contributed by atoms with Crippen LogP contribution in [-0.4, -0.2) is 28.8 Å². The first-order valence-corrected chi connectivity index (χ1v) is 7.51. The zero-order chi connectivity index (χ0) is 19.2. The number of carbonyl (C=O) groups is 2. The standard InChI is InChI=1S/C16H19F3N2O4/c1-4-6-7-9(3)12-10(16(17,18)19)8-11(13(21-12)14(22)23)20-15(24)25-5-2/h4,8-9H,1,5-7H2,2-3H3,(H,20,24)(H,22,23). The number of carbonyl (C=O) groups excluding carboxylic acids is 1. The van der Waals surface area contributed by atoms with Crippen molar-refractivity contribution in [2.75, 3.05) is 11.9 Å². The van der Waals surface area contributed by atoms with Crippen LogP contribution in [0.4, 0.5) is 23.7 Å². The van der Waals surface area contributed by atoms with Crippen LogP contribution < -0.4 is 5.32 Å². The number of alkyl halides is 3. The molecule has 1 aromatic heterocycles. The Morgan fingerprint density at radius 2 is 2.12 bits per heavy atom. The number of anilines is 1. The number of nitrogens with zero attached hydrogens (tertiary/aromatic N) is 1. The number of aromatic carboxylic acids is 1. The molecular formula is C16H19F3N2O4. The Hall–Kier alpha value is -2.58. The highest BCUT2D eigenvalue weighted by Crippen LogP contribution is 2.38. The molecule has 1 unspecified atom stereocenters. The number of allylic oxidation sites excluding steroid dienone is 1. The summed E-state index contributed by atoms with van der Waals surface area (Å²) in [5.41, 5.74) is -2.73. The first-order chi connectivity index (χ1) is 11.6. The highest BCUT2D eigenvalue weighted by atomic mass is 19.4. The van der Waals surface area contributed by atoms with Gasteiger partial charge in [-0.2, -0.15) is 13.2 Å². The summed E-state index contributed by atoms with van der Waals surface area (Å²) in [7, 11) is 0. The third kappa shape index (κ3) is 5.47. The van der Waals surface area contributed by atoms with E-state index in [1.165, 1.54) is 13.8 Å². The Balaban J connectivity index is 3.47. The molecular weight excluding hydrogens is 341 g/mol. The van der Waals surface area contributed by atoms with Gasteiger partial charge in [0.15, 0.2) is 5.69 Å². The van der Waals surface area contributed by atoms with Crippen LogP contribution >= 0.6 is 0 Å². The van der Waals surface area contributed by atoms with E-state index in [9.17, 15) is 27.9 Å². The van der Waals surface area contributed by atoms with Gasteiger partial charge in [0, 0.05) is 0 Å². The van der Waals surface area contributed by atoms with Crippen LogP contribution in [0.1, 0.15) is 54.4 Å². The van der Waals surface area contributed by atoms with E-state index in [2.05, 4.69) is 16.3 Å². The van der Waals surface area contributed by atoms with E-state index in [0.717, 1.165) is 0 Å². The molecule has 1 heterocycles. The number of hydrogen-bond donors (Lipinski definition) is 2. The lowest BCUT2D eigenvalue weighted by atomic mass is 9.95. The van der Waals surface area contributed by atoms with Gasteiger partial charge >= 0.3 is 18.2 Å². The predicted octanol–water partition coefficient (Wildman–Crippen LogP) is 4.44. The van der Waals surface area contributed by atoms with Gasteiger partial charge in [-0.3, -0.25) is 5.32 Å². The van der Waals surface area contributed by atoms with Gasteiger partial charge in [-0.1, -0.05) is 13.0 Å². The Labute approximate surface area is 142 Å². The third-order valence-electron chi connectivity index (χ3n) is 3.34. The zero-order valence-electron chi connectivity index (χ0n) is 13.8. The number of hydrogen-bond acceptors (Lipinski definition) is 4. The molecule has 0 spiro atoms. The van der Waals surface area contributed by atoms with Crippen molar-refractivity contribution in [1.82, 2.24) is 4.98 Å². The number of pyridine rings is 1. The Bertz CT molecular complexity index is 660. The minimum atomic E-state index is -4.76. The molecule has 0 aromatic carbocycles. The van der Waals surface area contributed by atoms with Gasteiger partial charge in [-0.15, -0.1) is 6.58 Å². The van der Waals surface area contributed by atoms with Gasteiger partial charge in [-0.25, -0.2) is 14.6 Å². The van der Waals surface area contributed by atoms with Gasteiger partial charge in [-0.05, 0) is 31.7 Å². The van der Waals surface area contributed by atoms with E-state index in [-0.39, 0.29) is 12.3 Å². The lowest BCUT2D eigenvalue weighted by molar-refractivity contribution is -0.138. The van der Waals surface area contributed by atoms with Crippen LogP contribution in [0.25, 0.3) is 0 Å². The second-order valence-corrected chi connectivity index (χ2v) is 5.23. The van der Waals surface area contributed by atoms with E-state index >= 15 is 0 Å². The lowest BCUT2D eigenvalue weighted by Gasteiger charge is -2.19. The molecule has 0 saturated carbocycles. The molecule has 0 fully saturated rings. The molecule has 25 heavy (non-hydrogen) atoms. The molecule has 9 heteroatoms. The predicted molar refractivity (Wildman–Crippen MR) is 84.7 cm³/mol. The molecule has 0 radical (unpaired) electrons. The number of amides is 1. The molecule has 138 valence electrons. The van der Waals surface area contributed by atoms with E-state index < -0.39 is 41.1 Å². The van der Waals surface area contributed by atoms with Gasteiger partial charge in [0.2, 0.25) is 0 Å². The van der Waals surface area contributed by atoms with Crippen LogP contribution in [0, 0.1) is 0 Å². The number of nitrogens with one attached hydrogen (secondary N) is 1. The normalized spacial score (nSPS) is 12.4. The van der Waals surface area contributed by atoms with Crippen molar-refractivity contribution >= 4 is 17.7 Å². The summed E-state index contributed by atoms with van der Waals surface area (Å²) in [6.07, 6.45) is -3.49. The second-order valence-electron chi connectivity index (χ2n) is 5.23.